The molecule has 5 heteroatoms. The second-order valence-electron chi connectivity index (χ2n) is 8.78. The van der Waals surface area contributed by atoms with Crippen LogP contribution < -0.4 is 27.0 Å². The standard InChI is InChI=1S/C26H57N5/c1-2-3-4-5-6-7-8-9-10-11-12-13-14-15-16-17-19-28-21-23-30-25-26-31-24-22-29-20-18-27/h17,19,28-31H,2-16,18,20-27H2,1H3. The van der Waals surface area contributed by atoms with E-state index in [1.807, 2.05) is 0 Å². The number of nitrogens with one attached hydrogen (secondary N) is 4. The van der Waals surface area contributed by atoms with Crippen LogP contribution in [0.15, 0.2) is 12.3 Å². The summed E-state index contributed by atoms with van der Waals surface area (Å²) in [5, 5.41) is 13.5. The molecule has 0 heterocycles. The minimum atomic E-state index is 0.711. The first-order valence-corrected chi connectivity index (χ1v) is 13.6. The summed E-state index contributed by atoms with van der Waals surface area (Å²) in [6, 6.07) is 0. The topological polar surface area (TPSA) is 74.1 Å². The molecule has 5 nitrogen and oxygen atoms in total. The minimum Gasteiger partial charge on any atom is -0.390 e. The van der Waals surface area contributed by atoms with E-state index in [1.165, 1.54) is 96.3 Å². The summed E-state index contributed by atoms with van der Waals surface area (Å²) in [6.07, 6.45) is 25.6. The number of allylic oxidation sites excluding steroid dienone is 1. The van der Waals surface area contributed by atoms with E-state index in [0.717, 1.165) is 45.8 Å². The first kappa shape index (κ1) is 30.4. The van der Waals surface area contributed by atoms with E-state index >= 15 is 0 Å². The van der Waals surface area contributed by atoms with Crippen LogP contribution in [-0.4, -0.2) is 52.4 Å². The maximum atomic E-state index is 5.43. The highest BCUT2D eigenvalue weighted by molar-refractivity contribution is 4.79. The lowest BCUT2D eigenvalue weighted by atomic mass is 10.0. The summed E-state index contributed by atoms with van der Waals surface area (Å²) in [6.45, 7) is 9.93. The van der Waals surface area contributed by atoms with Crippen LogP contribution in [0.4, 0.5) is 0 Å². The zero-order chi connectivity index (χ0) is 22.5. The van der Waals surface area contributed by atoms with Gasteiger partial charge in [0, 0.05) is 52.4 Å². The summed E-state index contributed by atoms with van der Waals surface area (Å²) in [7, 11) is 0. The zero-order valence-corrected chi connectivity index (χ0v) is 21.0. The molecule has 0 aliphatic heterocycles. The highest BCUT2D eigenvalue weighted by Gasteiger charge is 1.94. The van der Waals surface area contributed by atoms with Gasteiger partial charge in [0.25, 0.3) is 0 Å². The lowest BCUT2D eigenvalue weighted by Crippen LogP contribution is -2.35. The Kier molecular flexibility index (Phi) is 28.8. The second kappa shape index (κ2) is 29.4. The molecule has 0 rings (SSSR count). The van der Waals surface area contributed by atoms with E-state index in [9.17, 15) is 0 Å². The summed E-state index contributed by atoms with van der Waals surface area (Å²) >= 11 is 0. The van der Waals surface area contributed by atoms with Gasteiger partial charge in [-0.15, -0.1) is 0 Å². The van der Waals surface area contributed by atoms with Crippen LogP contribution in [0.2, 0.25) is 0 Å². The Bertz CT molecular complexity index is 336. The first-order chi connectivity index (χ1) is 15.4. The Morgan fingerprint density at radius 1 is 0.516 bits per heavy atom. The molecule has 0 saturated heterocycles. The highest BCUT2D eigenvalue weighted by Crippen LogP contribution is 2.13. The second-order valence-corrected chi connectivity index (χ2v) is 8.78. The Morgan fingerprint density at radius 2 is 0.935 bits per heavy atom. The smallest absolute Gasteiger partial charge is 0.0266 e. The van der Waals surface area contributed by atoms with Crippen molar-refractivity contribution in [3.63, 3.8) is 0 Å². The molecule has 0 radical (unpaired) electrons. The van der Waals surface area contributed by atoms with E-state index in [4.69, 9.17) is 5.73 Å². The normalized spacial score (nSPS) is 11.5. The number of hydrogen-bond donors (Lipinski definition) is 5. The van der Waals surface area contributed by atoms with E-state index in [1.54, 1.807) is 0 Å². The van der Waals surface area contributed by atoms with Gasteiger partial charge < -0.3 is 27.0 Å². The van der Waals surface area contributed by atoms with Crippen molar-refractivity contribution < 1.29 is 0 Å². The Hall–Kier alpha value is -0.620. The maximum Gasteiger partial charge on any atom is 0.0266 e. The number of nitrogens with two attached hydrogens (primary N) is 1. The summed E-state index contributed by atoms with van der Waals surface area (Å²) in [5.74, 6) is 0. The summed E-state index contributed by atoms with van der Waals surface area (Å²) in [4.78, 5) is 0. The highest BCUT2D eigenvalue weighted by atomic mass is 15.0. The third-order valence-electron chi connectivity index (χ3n) is 5.68. The van der Waals surface area contributed by atoms with Gasteiger partial charge in [-0.2, -0.15) is 0 Å². The van der Waals surface area contributed by atoms with Crippen molar-refractivity contribution in [1.29, 1.82) is 0 Å². The van der Waals surface area contributed by atoms with Crippen molar-refractivity contribution >= 4 is 0 Å². The molecule has 0 aliphatic carbocycles. The number of hydrogen-bond acceptors (Lipinski definition) is 5. The fourth-order valence-electron chi connectivity index (χ4n) is 3.70. The fourth-order valence-corrected chi connectivity index (χ4v) is 3.70. The van der Waals surface area contributed by atoms with Crippen molar-refractivity contribution in [2.75, 3.05) is 52.4 Å². The summed E-state index contributed by atoms with van der Waals surface area (Å²) < 4.78 is 0. The number of unbranched alkanes of at least 4 members (excludes halogenated alkanes) is 14. The molecule has 0 atom stereocenters. The molecule has 0 aromatic carbocycles. The van der Waals surface area contributed by atoms with E-state index < -0.39 is 0 Å². The molecular weight excluding hydrogens is 382 g/mol. The largest absolute Gasteiger partial charge is 0.390 e. The molecule has 0 aliphatic rings. The minimum absolute atomic E-state index is 0.711. The molecule has 0 aromatic heterocycles. The Labute approximate surface area is 195 Å². The van der Waals surface area contributed by atoms with Crippen molar-refractivity contribution in [3.8, 4) is 0 Å². The van der Waals surface area contributed by atoms with Crippen LogP contribution in [0.1, 0.15) is 103 Å². The molecule has 0 fully saturated rings. The van der Waals surface area contributed by atoms with Crippen LogP contribution in [0.5, 0.6) is 0 Å². The quantitative estimate of drug-likeness (QED) is 0.120. The van der Waals surface area contributed by atoms with Crippen LogP contribution in [0.3, 0.4) is 0 Å². The predicted molar refractivity (Wildman–Crippen MR) is 140 cm³/mol. The van der Waals surface area contributed by atoms with Gasteiger partial charge in [-0.1, -0.05) is 96.5 Å². The van der Waals surface area contributed by atoms with Crippen LogP contribution in [0, 0.1) is 0 Å². The van der Waals surface area contributed by atoms with E-state index in [-0.39, 0.29) is 0 Å². The molecule has 0 unspecified atom stereocenters. The summed E-state index contributed by atoms with van der Waals surface area (Å²) in [5.41, 5.74) is 5.43. The molecule has 0 spiro atoms. The average Bonchev–Trinajstić information content (AvgIpc) is 2.78. The molecule has 186 valence electrons. The molecule has 6 N–H and O–H groups in total. The van der Waals surface area contributed by atoms with Crippen molar-refractivity contribution in [3.05, 3.63) is 12.3 Å². The van der Waals surface area contributed by atoms with Gasteiger partial charge >= 0.3 is 0 Å². The van der Waals surface area contributed by atoms with Gasteiger partial charge in [0.2, 0.25) is 0 Å². The van der Waals surface area contributed by atoms with Gasteiger partial charge in [-0.25, -0.2) is 0 Å². The van der Waals surface area contributed by atoms with Crippen molar-refractivity contribution in [1.82, 2.24) is 21.3 Å². The molecule has 0 saturated carbocycles. The first-order valence-electron chi connectivity index (χ1n) is 13.6. The SMILES string of the molecule is CCCCCCCCCCCCCCCCC=CNCCNCCNCCNCCN. The third-order valence-corrected chi connectivity index (χ3v) is 5.68. The molecule has 0 amide bonds. The molecule has 0 aromatic rings. The Morgan fingerprint density at radius 3 is 1.42 bits per heavy atom. The van der Waals surface area contributed by atoms with Crippen molar-refractivity contribution in [2.45, 2.75) is 103 Å². The molecule has 31 heavy (non-hydrogen) atoms. The monoisotopic (exact) mass is 439 g/mol. The average molecular weight is 440 g/mol. The third kappa shape index (κ3) is 29.4. The van der Waals surface area contributed by atoms with Gasteiger partial charge in [0.05, 0.1) is 0 Å². The number of rotatable bonds is 27. The predicted octanol–water partition coefficient (Wildman–Crippen LogP) is 4.69. The molecule has 0 bridgehead atoms. The van der Waals surface area contributed by atoms with Gasteiger partial charge in [-0.3, -0.25) is 0 Å². The maximum absolute atomic E-state index is 5.43. The lowest BCUT2D eigenvalue weighted by Gasteiger charge is -2.07. The van der Waals surface area contributed by atoms with E-state index in [0.29, 0.717) is 6.54 Å². The van der Waals surface area contributed by atoms with Crippen LogP contribution in [0.25, 0.3) is 0 Å². The Balaban J connectivity index is 3.06. The van der Waals surface area contributed by atoms with Crippen LogP contribution >= 0.6 is 0 Å². The van der Waals surface area contributed by atoms with Gasteiger partial charge in [-0.05, 0) is 19.0 Å². The van der Waals surface area contributed by atoms with E-state index in [2.05, 4.69) is 40.5 Å². The van der Waals surface area contributed by atoms with Gasteiger partial charge in [0.15, 0.2) is 0 Å². The van der Waals surface area contributed by atoms with Gasteiger partial charge in [0.1, 0.15) is 0 Å². The van der Waals surface area contributed by atoms with Crippen molar-refractivity contribution in [2.24, 2.45) is 5.73 Å². The zero-order valence-electron chi connectivity index (χ0n) is 21.0. The molecular formula is C26H57N5. The fraction of sp³-hybridized carbons (Fsp3) is 0.923. The lowest BCUT2D eigenvalue weighted by molar-refractivity contribution is 0.536. The van der Waals surface area contributed by atoms with Crippen LogP contribution in [-0.2, 0) is 0 Å².